The lowest BCUT2D eigenvalue weighted by Gasteiger charge is -2.25. The molecule has 0 aliphatic heterocycles. The zero-order valence-electron chi connectivity index (χ0n) is 29.1. The van der Waals surface area contributed by atoms with E-state index in [0.29, 0.717) is 0 Å². The van der Waals surface area contributed by atoms with E-state index in [9.17, 15) is 0 Å². The van der Waals surface area contributed by atoms with Crippen molar-refractivity contribution in [3.63, 3.8) is 0 Å². The first-order valence-corrected chi connectivity index (χ1v) is 17.9. The van der Waals surface area contributed by atoms with Crippen molar-refractivity contribution in [1.82, 2.24) is 0 Å². The van der Waals surface area contributed by atoms with Crippen molar-refractivity contribution in [2.45, 2.75) is 0 Å². The van der Waals surface area contributed by atoms with Crippen LogP contribution in [0.25, 0.3) is 45.2 Å². The minimum atomic E-state index is 0.868. The number of anilines is 6. The number of nitrogens with zero attached hydrogens (tertiary/aromatic N) is 2. The second-order valence-corrected chi connectivity index (χ2v) is 13.1. The molecule has 0 atom stereocenters. The number of rotatable bonds is 9. The molecule has 0 radical (unpaired) electrons. The third kappa shape index (κ3) is 6.60. The fourth-order valence-electron chi connectivity index (χ4n) is 7.01. The fraction of sp³-hybridized carbons (Fsp3) is 0. The molecule has 3 heteroatoms. The second-order valence-electron chi connectivity index (χ2n) is 13.1. The normalized spacial score (nSPS) is 11.3. The van der Waals surface area contributed by atoms with E-state index in [4.69, 9.17) is 4.42 Å². The Morgan fingerprint density at radius 3 is 1.17 bits per heavy atom. The molecule has 1 aromatic heterocycles. The molecule has 0 saturated heterocycles. The molecular formula is C50H36N2O. The summed E-state index contributed by atoms with van der Waals surface area (Å²) in [6.45, 7) is 0. The van der Waals surface area contributed by atoms with Gasteiger partial charge in [0.2, 0.25) is 0 Å². The minimum Gasteiger partial charge on any atom is -0.456 e. The van der Waals surface area contributed by atoms with Gasteiger partial charge in [-0.2, -0.15) is 0 Å². The molecule has 0 spiro atoms. The minimum absolute atomic E-state index is 0.868. The van der Waals surface area contributed by atoms with Crippen LogP contribution in [0.4, 0.5) is 34.1 Å². The van der Waals surface area contributed by atoms with E-state index in [0.717, 1.165) is 67.2 Å². The summed E-state index contributed by atoms with van der Waals surface area (Å²) in [5.41, 5.74) is 13.0. The van der Waals surface area contributed by atoms with Crippen molar-refractivity contribution >= 4 is 68.2 Å². The highest BCUT2D eigenvalue weighted by molar-refractivity contribution is 6.06. The maximum Gasteiger partial charge on any atom is 0.137 e. The van der Waals surface area contributed by atoms with Crippen LogP contribution in [-0.2, 0) is 0 Å². The van der Waals surface area contributed by atoms with Crippen molar-refractivity contribution in [2.75, 3.05) is 9.80 Å². The van der Waals surface area contributed by atoms with Gasteiger partial charge in [0, 0.05) is 51.0 Å². The predicted molar refractivity (Wildman–Crippen MR) is 224 cm³/mol. The first-order chi connectivity index (χ1) is 26.3. The van der Waals surface area contributed by atoms with Gasteiger partial charge in [0.05, 0.1) is 0 Å². The summed E-state index contributed by atoms with van der Waals surface area (Å²) in [4.78, 5) is 4.54. The SMILES string of the molecule is C(=Cc1ccc2c(c1)oc1cc(N(c3ccccc3)c3ccccc3)ccc12)c1ccc(-c2ccc(N(c3ccccc3)c3ccccc3)cc2)cc1. The molecule has 8 aromatic carbocycles. The summed E-state index contributed by atoms with van der Waals surface area (Å²) in [6.07, 6.45) is 4.31. The monoisotopic (exact) mass is 680 g/mol. The Hall–Kier alpha value is -7.10. The molecule has 0 saturated carbocycles. The molecule has 0 unspecified atom stereocenters. The third-order valence-corrected chi connectivity index (χ3v) is 9.63. The van der Waals surface area contributed by atoms with E-state index in [2.05, 4.69) is 216 Å². The average Bonchev–Trinajstić information content (AvgIpc) is 3.59. The maximum absolute atomic E-state index is 6.48. The molecule has 1 heterocycles. The molecule has 0 amide bonds. The zero-order chi connectivity index (χ0) is 35.4. The van der Waals surface area contributed by atoms with E-state index < -0.39 is 0 Å². The van der Waals surface area contributed by atoms with Gasteiger partial charge in [0.25, 0.3) is 0 Å². The van der Waals surface area contributed by atoms with Gasteiger partial charge in [0.15, 0.2) is 0 Å². The molecule has 0 N–H and O–H groups in total. The maximum atomic E-state index is 6.48. The Balaban J connectivity index is 0.940. The number of furan rings is 1. The Morgan fingerprint density at radius 2 is 0.660 bits per heavy atom. The smallest absolute Gasteiger partial charge is 0.137 e. The summed E-state index contributed by atoms with van der Waals surface area (Å²) >= 11 is 0. The lowest BCUT2D eigenvalue weighted by Crippen LogP contribution is -2.09. The van der Waals surface area contributed by atoms with Crippen LogP contribution in [0, 0.1) is 0 Å². The van der Waals surface area contributed by atoms with Crippen molar-refractivity contribution in [3.8, 4) is 11.1 Å². The van der Waals surface area contributed by atoms with E-state index >= 15 is 0 Å². The fourth-order valence-corrected chi connectivity index (χ4v) is 7.01. The van der Waals surface area contributed by atoms with Crippen LogP contribution < -0.4 is 9.80 Å². The van der Waals surface area contributed by atoms with Gasteiger partial charge in [-0.15, -0.1) is 0 Å². The Labute approximate surface area is 309 Å². The Morgan fingerprint density at radius 1 is 0.302 bits per heavy atom. The van der Waals surface area contributed by atoms with Crippen LogP contribution in [-0.4, -0.2) is 0 Å². The predicted octanol–water partition coefficient (Wildman–Crippen LogP) is 14.4. The van der Waals surface area contributed by atoms with Crippen LogP contribution in [0.2, 0.25) is 0 Å². The second kappa shape index (κ2) is 14.3. The molecule has 0 aliphatic rings. The van der Waals surface area contributed by atoms with Crippen molar-refractivity contribution < 1.29 is 4.42 Å². The summed E-state index contributed by atoms with van der Waals surface area (Å²) < 4.78 is 6.48. The Kier molecular flexibility index (Phi) is 8.57. The number of hydrogen-bond acceptors (Lipinski definition) is 3. The van der Waals surface area contributed by atoms with Gasteiger partial charge >= 0.3 is 0 Å². The van der Waals surface area contributed by atoms with Gasteiger partial charge in [-0.25, -0.2) is 0 Å². The Bertz CT molecular complexity index is 2550. The van der Waals surface area contributed by atoms with E-state index in [1.807, 2.05) is 12.1 Å². The van der Waals surface area contributed by atoms with Crippen LogP contribution in [0.1, 0.15) is 11.1 Å². The lowest BCUT2D eigenvalue weighted by atomic mass is 10.0. The topological polar surface area (TPSA) is 19.6 Å². The van der Waals surface area contributed by atoms with Crippen molar-refractivity contribution in [2.24, 2.45) is 0 Å². The van der Waals surface area contributed by atoms with Crippen LogP contribution >= 0.6 is 0 Å². The molecule has 252 valence electrons. The zero-order valence-corrected chi connectivity index (χ0v) is 29.1. The molecular weight excluding hydrogens is 645 g/mol. The number of para-hydroxylation sites is 4. The van der Waals surface area contributed by atoms with E-state index in [-0.39, 0.29) is 0 Å². The highest BCUT2D eigenvalue weighted by atomic mass is 16.3. The van der Waals surface area contributed by atoms with Crippen LogP contribution in [0.3, 0.4) is 0 Å². The highest BCUT2D eigenvalue weighted by Gasteiger charge is 2.15. The molecule has 53 heavy (non-hydrogen) atoms. The summed E-state index contributed by atoms with van der Waals surface area (Å²) in [7, 11) is 0. The highest BCUT2D eigenvalue weighted by Crippen LogP contribution is 2.39. The van der Waals surface area contributed by atoms with Gasteiger partial charge in [-0.05, 0) is 107 Å². The standard InChI is InChI=1S/C50H36N2O/c1-5-13-41(14-6-1)51(42-15-7-2-8-16-42)45-30-28-40(29-31-45)39-26-23-37(24-27-39)21-22-38-25-33-47-48-34-32-46(36-50(48)53-49(47)35-38)52(43-17-9-3-10-18-43)44-19-11-4-12-20-44/h1-36H. The van der Waals surface area contributed by atoms with Crippen molar-refractivity contribution in [3.05, 3.63) is 217 Å². The lowest BCUT2D eigenvalue weighted by molar-refractivity contribution is 0.669. The number of benzene rings is 8. The first kappa shape index (κ1) is 31.9. The van der Waals surface area contributed by atoms with Crippen LogP contribution in [0.15, 0.2) is 211 Å². The summed E-state index contributed by atoms with van der Waals surface area (Å²) in [5.74, 6) is 0. The van der Waals surface area contributed by atoms with Gasteiger partial charge in [-0.1, -0.05) is 127 Å². The van der Waals surface area contributed by atoms with Gasteiger partial charge < -0.3 is 14.2 Å². The molecule has 9 rings (SSSR count). The molecule has 9 aromatic rings. The van der Waals surface area contributed by atoms with E-state index in [1.54, 1.807) is 0 Å². The average molecular weight is 681 g/mol. The van der Waals surface area contributed by atoms with Crippen molar-refractivity contribution in [1.29, 1.82) is 0 Å². The number of hydrogen-bond donors (Lipinski definition) is 0. The molecule has 0 fully saturated rings. The quantitative estimate of drug-likeness (QED) is 0.142. The summed E-state index contributed by atoms with van der Waals surface area (Å²) in [6, 6.07) is 72.3. The molecule has 0 bridgehead atoms. The molecule has 0 aliphatic carbocycles. The first-order valence-electron chi connectivity index (χ1n) is 17.9. The van der Waals surface area contributed by atoms with Gasteiger partial charge in [-0.3, -0.25) is 0 Å². The molecule has 3 nitrogen and oxygen atoms in total. The van der Waals surface area contributed by atoms with Crippen LogP contribution in [0.5, 0.6) is 0 Å². The summed E-state index contributed by atoms with van der Waals surface area (Å²) in [5, 5.41) is 2.22. The van der Waals surface area contributed by atoms with E-state index in [1.165, 1.54) is 11.1 Å². The number of fused-ring (bicyclic) bond motifs is 3. The largest absolute Gasteiger partial charge is 0.456 e. The third-order valence-electron chi connectivity index (χ3n) is 9.63. The van der Waals surface area contributed by atoms with Gasteiger partial charge in [0.1, 0.15) is 11.2 Å².